The number of anilines is 1. The second-order valence-electron chi connectivity index (χ2n) is 4.23. The fraction of sp³-hybridized carbons (Fsp3) is 0.462. The quantitative estimate of drug-likeness (QED) is 0.528. The summed E-state index contributed by atoms with van der Waals surface area (Å²) in [7, 11) is 0. The number of aliphatic hydroxyl groups is 3. The van der Waals surface area contributed by atoms with E-state index in [0.29, 0.717) is 17.7 Å². The van der Waals surface area contributed by atoms with E-state index in [1.165, 1.54) is 0 Å². The van der Waals surface area contributed by atoms with Gasteiger partial charge in [0.05, 0.1) is 19.8 Å². The van der Waals surface area contributed by atoms with Gasteiger partial charge in [0.15, 0.2) is 5.78 Å². The molecule has 0 unspecified atom stereocenters. The molecule has 0 aliphatic rings. The molecule has 5 heteroatoms. The zero-order chi connectivity index (χ0) is 13.6. The van der Waals surface area contributed by atoms with Gasteiger partial charge in [0.25, 0.3) is 0 Å². The Kier molecular flexibility index (Phi) is 5.27. The summed E-state index contributed by atoms with van der Waals surface area (Å²) < 4.78 is 0. The lowest BCUT2D eigenvalue weighted by molar-refractivity contribution is 0.0833. The van der Waals surface area contributed by atoms with Crippen LogP contribution in [0.5, 0.6) is 0 Å². The number of aliphatic hydroxyl groups excluding tert-OH is 3. The van der Waals surface area contributed by atoms with Crippen molar-refractivity contribution in [3.05, 3.63) is 29.8 Å². The van der Waals surface area contributed by atoms with E-state index in [2.05, 4.69) is 5.32 Å². The number of benzene rings is 1. The van der Waals surface area contributed by atoms with Crippen LogP contribution in [0.15, 0.2) is 24.3 Å². The number of hydrogen-bond donors (Lipinski definition) is 4. The fourth-order valence-corrected chi connectivity index (χ4v) is 1.52. The molecule has 1 aromatic carbocycles. The molecule has 0 fully saturated rings. The number of Topliss-reactive ketones (excluding diaryl/α,β-unsaturated/α-hetero) is 1. The van der Waals surface area contributed by atoms with Gasteiger partial charge in [-0.1, -0.05) is 6.92 Å². The highest BCUT2D eigenvalue weighted by Gasteiger charge is 2.27. The van der Waals surface area contributed by atoms with E-state index in [4.69, 9.17) is 0 Å². The minimum Gasteiger partial charge on any atom is -0.394 e. The molecule has 1 aromatic rings. The van der Waals surface area contributed by atoms with E-state index in [9.17, 15) is 20.1 Å². The van der Waals surface area contributed by atoms with Gasteiger partial charge in [-0.15, -0.1) is 0 Å². The molecular formula is C13H19NO4. The van der Waals surface area contributed by atoms with Crippen LogP contribution in [0.1, 0.15) is 23.7 Å². The Morgan fingerprint density at radius 3 is 2.00 bits per heavy atom. The summed E-state index contributed by atoms with van der Waals surface area (Å²) in [4.78, 5) is 11.4. The Balaban J connectivity index is 2.83. The second-order valence-corrected chi connectivity index (χ2v) is 4.23. The molecule has 0 radical (unpaired) electrons. The molecule has 0 aliphatic carbocycles. The van der Waals surface area contributed by atoms with Crippen LogP contribution >= 0.6 is 0 Å². The van der Waals surface area contributed by atoms with Crippen LogP contribution in [0.25, 0.3) is 0 Å². The zero-order valence-electron chi connectivity index (χ0n) is 10.4. The molecular weight excluding hydrogens is 234 g/mol. The maximum Gasteiger partial charge on any atom is 0.162 e. The third kappa shape index (κ3) is 3.29. The normalized spacial score (nSPS) is 11.3. The summed E-state index contributed by atoms with van der Waals surface area (Å²) in [5, 5.41) is 30.4. The van der Waals surface area contributed by atoms with Gasteiger partial charge >= 0.3 is 0 Å². The van der Waals surface area contributed by atoms with E-state index in [1.807, 2.05) is 0 Å². The Morgan fingerprint density at radius 2 is 1.61 bits per heavy atom. The van der Waals surface area contributed by atoms with Crippen LogP contribution in [0, 0.1) is 0 Å². The Hall–Kier alpha value is -1.43. The highest BCUT2D eigenvalue weighted by atomic mass is 16.3. The van der Waals surface area contributed by atoms with Crippen LogP contribution in [0.3, 0.4) is 0 Å². The van der Waals surface area contributed by atoms with Crippen molar-refractivity contribution in [2.24, 2.45) is 0 Å². The van der Waals surface area contributed by atoms with Crippen LogP contribution in [0.2, 0.25) is 0 Å². The van der Waals surface area contributed by atoms with E-state index in [-0.39, 0.29) is 5.78 Å². The van der Waals surface area contributed by atoms with Crippen LogP contribution in [0.4, 0.5) is 5.69 Å². The van der Waals surface area contributed by atoms with Crippen molar-refractivity contribution in [3.8, 4) is 0 Å². The lowest BCUT2D eigenvalue weighted by Crippen LogP contribution is -2.49. The predicted octanol–water partition coefficient (Wildman–Crippen LogP) is 0.407. The number of hydrogen-bond acceptors (Lipinski definition) is 5. The van der Waals surface area contributed by atoms with E-state index >= 15 is 0 Å². The molecule has 0 saturated heterocycles. The summed E-state index contributed by atoms with van der Waals surface area (Å²) in [5.41, 5.74) is 0.0847. The highest BCUT2D eigenvalue weighted by Crippen LogP contribution is 2.16. The minimum atomic E-state index is -1.16. The third-order valence-electron chi connectivity index (χ3n) is 2.85. The van der Waals surface area contributed by atoms with Gasteiger partial charge in [-0.25, -0.2) is 0 Å². The maximum absolute atomic E-state index is 11.4. The lowest BCUT2D eigenvalue weighted by atomic mass is 10.0. The van der Waals surface area contributed by atoms with Crippen molar-refractivity contribution < 1.29 is 20.1 Å². The maximum atomic E-state index is 11.4. The summed E-state index contributed by atoms with van der Waals surface area (Å²) in [6.07, 6.45) is 0.445. The summed E-state index contributed by atoms with van der Waals surface area (Å²) in [6.45, 7) is 0.615. The molecule has 0 bridgehead atoms. The van der Waals surface area contributed by atoms with Crippen molar-refractivity contribution in [1.29, 1.82) is 0 Å². The van der Waals surface area contributed by atoms with Crippen molar-refractivity contribution in [2.75, 3.05) is 25.1 Å². The van der Waals surface area contributed by atoms with E-state index < -0.39 is 25.4 Å². The molecule has 1 rings (SSSR count). The van der Waals surface area contributed by atoms with Gasteiger partial charge in [-0.3, -0.25) is 4.79 Å². The molecule has 18 heavy (non-hydrogen) atoms. The number of carbonyl (C=O) groups excluding carboxylic acids is 1. The molecule has 0 amide bonds. The molecule has 0 atom stereocenters. The second kappa shape index (κ2) is 6.49. The average molecular weight is 253 g/mol. The Bertz CT molecular complexity index is 376. The molecule has 0 heterocycles. The molecule has 0 saturated carbocycles. The fourth-order valence-electron chi connectivity index (χ4n) is 1.52. The van der Waals surface area contributed by atoms with Gasteiger partial charge in [0.1, 0.15) is 5.54 Å². The number of ketones is 1. The van der Waals surface area contributed by atoms with Gasteiger partial charge < -0.3 is 20.6 Å². The van der Waals surface area contributed by atoms with Crippen molar-refractivity contribution in [3.63, 3.8) is 0 Å². The van der Waals surface area contributed by atoms with Gasteiger partial charge in [-0.2, -0.15) is 0 Å². The molecule has 0 aliphatic heterocycles. The van der Waals surface area contributed by atoms with Crippen molar-refractivity contribution in [2.45, 2.75) is 18.9 Å². The van der Waals surface area contributed by atoms with Crippen molar-refractivity contribution in [1.82, 2.24) is 0 Å². The van der Waals surface area contributed by atoms with Crippen molar-refractivity contribution >= 4 is 11.5 Å². The van der Waals surface area contributed by atoms with Gasteiger partial charge in [-0.05, 0) is 24.3 Å². The number of carbonyl (C=O) groups is 1. The Labute approximate surface area is 106 Å². The van der Waals surface area contributed by atoms with E-state index in [1.54, 1.807) is 31.2 Å². The zero-order valence-corrected chi connectivity index (χ0v) is 10.4. The molecule has 5 nitrogen and oxygen atoms in total. The summed E-state index contributed by atoms with van der Waals surface area (Å²) in [6, 6.07) is 6.70. The first-order valence-electron chi connectivity index (χ1n) is 5.85. The average Bonchev–Trinajstić information content (AvgIpc) is 2.45. The first-order chi connectivity index (χ1) is 8.60. The summed E-state index contributed by atoms with van der Waals surface area (Å²) >= 11 is 0. The van der Waals surface area contributed by atoms with E-state index in [0.717, 1.165) is 0 Å². The third-order valence-corrected chi connectivity index (χ3v) is 2.85. The summed E-state index contributed by atoms with van der Waals surface area (Å²) in [5.74, 6) is 0.0549. The topological polar surface area (TPSA) is 89.8 Å². The smallest absolute Gasteiger partial charge is 0.162 e. The first kappa shape index (κ1) is 14.6. The minimum absolute atomic E-state index is 0.0549. The van der Waals surface area contributed by atoms with Gasteiger partial charge in [0.2, 0.25) is 0 Å². The molecule has 100 valence electrons. The highest BCUT2D eigenvalue weighted by molar-refractivity contribution is 5.96. The van der Waals surface area contributed by atoms with Crippen LogP contribution in [-0.4, -0.2) is 46.5 Å². The van der Waals surface area contributed by atoms with Crippen LogP contribution in [-0.2, 0) is 0 Å². The van der Waals surface area contributed by atoms with Crippen LogP contribution < -0.4 is 5.32 Å². The number of rotatable bonds is 7. The molecule has 0 aromatic heterocycles. The Morgan fingerprint density at radius 1 is 1.11 bits per heavy atom. The lowest BCUT2D eigenvalue weighted by Gasteiger charge is -2.29. The predicted molar refractivity (Wildman–Crippen MR) is 68.7 cm³/mol. The standard InChI is InChI=1S/C13H19NO4/c1-2-12(18)10-3-5-11(6-4-10)14-13(7-15,8-16)9-17/h3-6,14-17H,2,7-9H2,1H3. The largest absolute Gasteiger partial charge is 0.394 e. The monoisotopic (exact) mass is 253 g/mol. The van der Waals surface area contributed by atoms with Gasteiger partial charge in [0, 0.05) is 17.7 Å². The molecule has 4 N–H and O–H groups in total. The SMILES string of the molecule is CCC(=O)c1ccc(NC(CO)(CO)CO)cc1. The number of nitrogens with one attached hydrogen (secondary N) is 1. The first-order valence-corrected chi connectivity index (χ1v) is 5.85. The molecule has 0 spiro atoms.